The van der Waals surface area contributed by atoms with E-state index in [9.17, 15) is 18.0 Å². The molecule has 12 heteroatoms. The molecule has 0 aromatic carbocycles. The molecule has 2 saturated heterocycles. The molecule has 4 heterocycles. The molecule has 9 nitrogen and oxygen atoms in total. The maximum absolute atomic E-state index is 13.3. The Morgan fingerprint density at radius 1 is 1.00 bits per heavy atom. The van der Waals surface area contributed by atoms with Gasteiger partial charge in [-0.15, -0.1) is 0 Å². The number of alkyl halides is 3. The van der Waals surface area contributed by atoms with Crippen molar-refractivity contribution in [3.05, 3.63) is 23.8 Å². The fraction of sp³-hybridized carbons (Fsp3) is 0.800. The van der Waals surface area contributed by atoms with Crippen LogP contribution in [-0.4, -0.2) is 78.1 Å². The highest BCUT2D eigenvalue weighted by Gasteiger charge is 2.67. The maximum atomic E-state index is 13.3. The van der Waals surface area contributed by atoms with Gasteiger partial charge in [-0.25, -0.2) is 14.8 Å². The molecule has 0 radical (unpaired) electrons. The van der Waals surface area contributed by atoms with Gasteiger partial charge < -0.3 is 9.80 Å². The smallest absolute Gasteiger partial charge is 0.323 e. The Labute approximate surface area is 212 Å². The Morgan fingerprint density at radius 2 is 1.65 bits per heavy atom. The van der Waals surface area contributed by atoms with Crippen LogP contribution in [0.15, 0.2) is 6.33 Å². The van der Waals surface area contributed by atoms with E-state index in [0.717, 1.165) is 63.5 Å². The predicted molar refractivity (Wildman–Crippen MR) is 123 cm³/mol. The third-order valence-electron chi connectivity index (χ3n) is 10.00. The van der Waals surface area contributed by atoms with Gasteiger partial charge in [0, 0.05) is 55.4 Å². The highest BCUT2D eigenvalue weighted by Crippen LogP contribution is 2.59. The predicted octanol–water partition coefficient (Wildman–Crippen LogP) is 3.58. The van der Waals surface area contributed by atoms with Crippen LogP contribution in [0.25, 0.3) is 0 Å². The van der Waals surface area contributed by atoms with Gasteiger partial charge in [-0.2, -0.15) is 23.4 Å². The second-order valence-electron chi connectivity index (χ2n) is 13.1. The summed E-state index contributed by atoms with van der Waals surface area (Å²) in [5.41, 5.74) is -1.38. The molecule has 2 aliphatic heterocycles. The van der Waals surface area contributed by atoms with Crippen LogP contribution in [0.3, 0.4) is 0 Å². The molecule has 6 aliphatic rings. The monoisotopic (exact) mass is 516 g/mol. The van der Waals surface area contributed by atoms with E-state index in [1.807, 2.05) is 9.80 Å². The molecule has 4 aliphatic carbocycles. The van der Waals surface area contributed by atoms with Crippen LogP contribution in [0.4, 0.5) is 18.0 Å². The number of halogens is 3. The van der Waals surface area contributed by atoms with Crippen molar-refractivity contribution in [2.45, 2.75) is 81.3 Å². The molecule has 37 heavy (non-hydrogen) atoms. The van der Waals surface area contributed by atoms with Crippen LogP contribution in [0.2, 0.25) is 0 Å². The summed E-state index contributed by atoms with van der Waals surface area (Å²) in [5, 5.41) is 11.7. The number of likely N-dealkylation sites (tertiary alicyclic amines) is 2. The van der Waals surface area contributed by atoms with Crippen molar-refractivity contribution in [2.75, 3.05) is 26.2 Å². The second kappa shape index (κ2) is 7.05. The van der Waals surface area contributed by atoms with E-state index in [1.54, 1.807) is 4.68 Å². The van der Waals surface area contributed by atoms with Gasteiger partial charge in [0.15, 0.2) is 11.6 Å². The van der Waals surface area contributed by atoms with E-state index in [-0.39, 0.29) is 35.5 Å². The lowest BCUT2D eigenvalue weighted by molar-refractivity contribution is -0.162. The quantitative estimate of drug-likeness (QED) is 0.656. The van der Waals surface area contributed by atoms with Crippen molar-refractivity contribution in [1.29, 1.82) is 0 Å². The molecule has 0 bridgehead atoms. The van der Waals surface area contributed by atoms with Gasteiger partial charge in [-0.1, -0.05) is 0 Å². The zero-order valence-corrected chi connectivity index (χ0v) is 20.7. The molecule has 0 atom stereocenters. The number of hydrogen-bond acceptors (Lipinski definition) is 5. The van der Waals surface area contributed by atoms with Crippen LogP contribution in [0.1, 0.15) is 80.7 Å². The van der Waals surface area contributed by atoms with Crippen LogP contribution < -0.4 is 0 Å². The zero-order chi connectivity index (χ0) is 25.2. The molecule has 1 N–H and O–H groups in total. The zero-order valence-electron chi connectivity index (χ0n) is 20.7. The SMILES string of the molecule is O=C(N1CC2(CC(Cn3cnc(C4(C(F)(F)F)CC4)n3)C2)C1)N1CC2(CC(c3n[nH]c(C4CC4)n3)C2)C1. The summed E-state index contributed by atoms with van der Waals surface area (Å²) in [6.45, 7) is 3.84. The van der Waals surface area contributed by atoms with Crippen LogP contribution in [0.5, 0.6) is 0 Å². The fourth-order valence-corrected chi connectivity index (χ4v) is 7.61. The van der Waals surface area contributed by atoms with E-state index in [0.29, 0.717) is 24.3 Å². The number of nitrogens with zero attached hydrogens (tertiary/aromatic N) is 7. The van der Waals surface area contributed by atoms with Crippen molar-refractivity contribution in [3.63, 3.8) is 0 Å². The Morgan fingerprint density at radius 3 is 2.24 bits per heavy atom. The Balaban J connectivity index is 0.781. The minimum atomic E-state index is -4.28. The molecular weight excluding hydrogens is 485 g/mol. The van der Waals surface area contributed by atoms with Gasteiger partial charge in [-0.3, -0.25) is 9.78 Å². The minimum absolute atomic E-state index is 0.0804. The number of carbonyl (C=O) groups is 1. The lowest BCUT2D eigenvalue weighted by Crippen LogP contribution is -2.71. The molecule has 2 amide bonds. The number of urea groups is 1. The lowest BCUT2D eigenvalue weighted by Gasteiger charge is -2.63. The summed E-state index contributed by atoms with van der Waals surface area (Å²) in [6.07, 6.45) is 3.87. The third-order valence-corrected chi connectivity index (χ3v) is 10.00. The normalized spacial score (nSPS) is 27.5. The first-order valence-electron chi connectivity index (χ1n) is 13.6. The Kier molecular flexibility index (Phi) is 4.25. The van der Waals surface area contributed by atoms with E-state index < -0.39 is 11.6 Å². The number of aromatic amines is 1. The summed E-state index contributed by atoms with van der Waals surface area (Å²) < 4.78 is 41.6. The largest absolute Gasteiger partial charge is 0.401 e. The fourth-order valence-electron chi connectivity index (χ4n) is 7.61. The molecule has 4 saturated carbocycles. The lowest BCUT2D eigenvalue weighted by atomic mass is 9.57. The van der Waals surface area contributed by atoms with Crippen molar-refractivity contribution < 1.29 is 18.0 Å². The first-order valence-corrected chi connectivity index (χ1v) is 13.6. The number of rotatable bonds is 5. The highest BCUT2D eigenvalue weighted by molar-refractivity contribution is 5.77. The van der Waals surface area contributed by atoms with Gasteiger partial charge in [0.25, 0.3) is 0 Å². The summed E-state index contributed by atoms with van der Waals surface area (Å²) in [6, 6.07) is 0.153. The molecule has 2 aromatic heterocycles. The number of amides is 2. The van der Waals surface area contributed by atoms with Crippen molar-refractivity contribution in [1.82, 2.24) is 39.7 Å². The number of H-pyrrole nitrogens is 1. The van der Waals surface area contributed by atoms with Crippen molar-refractivity contribution >= 4 is 6.03 Å². The standard InChI is InChI=1S/C25H31F3N8O/c26-25(27,28)24(3-4-24)20-29-14-36(33-20)9-15-5-22(6-15)10-34(11-22)21(37)35-12-23(13-35)7-17(8-23)19-30-18(31-32-19)16-1-2-16/h14-17H,1-13H2,(H,30,31,32). The maximum Gasteiger partial charge on any atom is 0.401 e. The summed E-state index contributed by atoms with van der Waals surface area (Å²) >= 11 is 0. The van der Waals surface area contributed by atoms with Gasteiger partial charge >= 0.3 is 12.2 Å². The van der Waals surface area contributed by atoms with E-state index in [4.69, 9.17) is 4.98 Å². The van der Waals surface area contributed by atoms with Gasteiger partial charge in [0.05, 0.1) is 0 Å². The third kappa shape index (κ3) is 3.39. The number of nitrogens with one attached hydrogen (secondary N) is 1. The summed E-state index contributed by atoms with van der Waals surface area (Å²) in [4.78, 5) is 25.6. The summed E-state index contributed by atoms with van der Waals surface area (Å²) in [5.74, 6) is 3.31. The molecule has 6 fully saturated rings. The van der Waals surface area contributed by atoms with Gasteiger partial charge in [0.1, 0.15) is 17.6 Å². The van der Waals surface area contributed by atoms with Crippen molar-refractivity contribution in [3.8, 4) is 0 Å². The van der Waals surface area contributed by atoms with Crippen molar-refractivity contribution in [2.24, 2.45) is 16.7 Å². The van der Waals surface area contributed by atoms with E-state index in [1.165, 1.54) is 19.2 Å². The topological polar surface area (TPSA) is 95.8 Å². The molecule has 8 rings (SSSR count). The van der Waals surface area contributed by atoms with Crippen LogP contribution >= 0.6 is 0 Å². The van der Waals surface area contributed by atoms with Gasteiger partial charge in [0.2, 0.25) is 0 Å². The second-order valence-corrected chi connectivity index (χ2v) is 13.1. The van der Waals surface area contributed by atoms with Crippen LogP contribution in [-0.2, 0) is 12.0 Å². The average Bonchev–Trinajstić information content (AvgIpc) is 3.66. The molecule has 2 aromatic rings. The van der Waals surface area contributed by atoms with Gasteiger partial charge in [-0.05, 0) is 57.3 Å². The molecular formula is C25H31F3N8O. The Hall–Kier alpha value is -2.66. The highest BCUT2D eigenvalue weighted by atomic mass is 19.4. The van der Waals surface area contributed by atoms with Crippen LogP contribution in [0, 0.1) is 16.7 Å². The number of hydrogen-bond donors (Lipinski definition) is 1. The molecule has 0 unspecified atom stereocenters. The number of aromatic nitrogens is 6. The Bertz CT molecular complexity index is 1230. The summed E-state index contributed by atoms with van der Waals surface area (Å²) in [7, 11) is 0. The molecule has 198 valence electrons. The van der Waals surface area contributed by atoms with E-state index >= 15 is 0 Å². The number of carbonyl (C=O) groups excluding carboxylic acids is 1. The first-order chi connectivity index (χ1) is 17.6. The molecule has 2 spiro atoms. The minimum Gasteiger partial charge on any atom is -0.323 e. The average molecular weight is 517 g/mol. The van der Waals surface area contributed by atoms with E-state index in [2.05, 4.69) is 20.3 Å². The first kappa shape index (κ1) is 22.3.